The average molecular weight is 324 g/mol. The van der Waals surface area contributed by atoms with Gasteiger partial charge in [-0.3, -0.25) is 4.79 Å². The summed E-state index contributed by atoms with van der Waals surface area (Å²) in [6.07, 6.45) is 1.83. The Morgan fingerprint density at radius 2 is 1.96 bits per heavy atom. The van der Waals surface area contributed by atoms with Gasteiger partial charge in [0, 0.05) is 18.5 Å². The first-order valence-electron chi connectivity index (χ1n) is 8.05. The molecular formula is C18H20N4O2. The third-order valence-corrected chi connectivity index (χ3v) is 3.90. The minimum atomic E-state index is -0.147. The lowest BCUT2D eigenvalue weighted by atomic mass is 10.1. The van der Waals surface area contributed by atoms with Crippen molar-refractivity contribution in [1.29, 1.82) is 0 Å². The van der Waals surface area contributed by atoms with Gasteiger partial charge in [-0.05, 0) is 38.1 Å². The number of benzene rings is 1. The van der Waals surface area contributed by atoms with Gasteiger partial charge >= 0.3 is 0 Å². The number of nitrogens with one attached hydrogen (secondary N) is 1. The van der Waals surface area contributed by atoms with Gasteiger partial charge in [0.1, 0.15) is 11.5 Å². The number of hydrogen-bond acceptors (Lipinski definition) is 5. The number of pyridine rings is 1. The number of rotatable bonds is 6. The summed E-state index contributed by atoms with van der Waals surface area (Å²) in [5.74, 6) is 0.756. The smallest absolute Gasteiger partial charge is 0.230 e. The first-order chi connectivity index (χ1) is 11.7. The maximum absolute atomic E-state index is 12.2. The second-order valence-electron chi connectivity index (χ2n) is 5.43. The van der Waals surface area contributed by atoms with Crippen molar-refractivity contribution in [3.8, 4) is 0 Å². The molecule has 0 saturated heterocycles. The van der Waals surface area contributed by atoms with E-state index < -0.39 is 0 Å². The van der Waals surface area contributed by atoms with Gasteiger partial charge in [0.2, 0.25) is 5.91 Å². The fourth-order valence-electron chi connectivity index (χ4n) is 2.62. The molecule has 0 unspecified atom stereocenters. The first kappa shape index (κ1) is 16.0. The van der Waals surface area contributed by atoms with Gasteiger partial charge in [-0.2, -0.15) is 0 Å². The van der Waals surface area contributed by atoms with Gasteiger partial charge in [0.25, 0.3) is 0 Å². The van der Waals surface area contributed by atoms with Crippen molar-refractivity contribution >= 4 is 28.4 Å². The van der Waals surface area contributed by atoms with E-state index in [9.17, 15) is 4.79 Å². The normalized spacial score (nSPS) is 10.8. The maximum atomic E-state index is 12.2. The number of aromatic nitrogens is 2. The number of hydrogen-bond donors (Lipinski definition) is 1. The molecule has 0 saturated carbocycles. The highest BCUT2D eigenvalue weighted by Gasteiger charge is 2.12. The Balaban J connectivity index is 1.66. The van der Waals surface area contributed by atoms with Gasteiger partial charge in [0.05, 0.1) is 18.3 Å². The summed E-state index contributed by atoms with van der Waals surface area (Å²) in [6.45, 7) is 5.97. The Bertz CT molecular complexity index is 822. The molecule has 1 amide bonds. The Hall–Kier alpha value is -2.89. The third-order valence-electron chi connectivity index (χ3n) is 3.90. The summed E-state index contributed by atoms with van der Waals surface area (Å²) in [5.41, 5.74) is 1.99. The number of nitrogens with zero attached hydrogens (tertiary/aromatic N) is 3. The molecule has 2 aromatic heterocycles. The minimum absolute atomic E-state index is 0.147. The molecule has 3 aromatic rings. The van der Waals surface area contributed by atoms with E-state index in [1.54, 1.807) is 6.20 Å². The van der Waals surface area contributed by atoms with Crippen LogP contribution in [0.5, 0.6) is 0 Å². The molecule has 0 aliphatic rings. The zero-order valence-electron chi connectivity index (χ0n) is 13.8. The van der Waals surface area contributed by atoms with Gasteiger partial charge in [-0.15, -0.1) is 0 Å². The van der Waals surface area contributed by atoms with E-state index in [0.717, 1.165) is 24.3 Å². The molecule has 0 spiro atoms. The van der Waals surface area contributed by atoms with Crippen LogP contribution in [0.25, 0.3) is 11.0 Å². The van der Waals surface area contributed by atoms with Crippen molar-refractivity contribution in [1.82, 2.24) is 10.1 Å². The van der Waals surface area contributed by atoms with Crippen LogP contribution < -0.4 is 10.2 Å². The van der Waals surface area contributed by atoms with Crippen LogP contribution in [0, 0.1) is 0 Å². The van der Waals surface area contributed by atoms with Crippen molar-refractivity contribution < 1.29 is 9.32 Å². The highest BCUT2D eigenvalue weighted by Crippen LogP contribution is 2.19. The SMILES string of the molecule is CCN(CC)c1ccc(NC(=O)Cc2noc3ccccc23)cn1. The van der Waals surface area contributed by atoms with Crippen LogP contribution in [0.2, 0.25) is 0 Å². The summed E-state index contributed by atoms with van der Waals surface area (Å²) < 4.78 is 5.22. The van der Waals surface area contributed by atoms with Gasteiger partial charge in [0.15, 0.2) is 5.58 Å². The summed E-state index contributed by atoms with van der Waals surface area (Å²) in [6, 6.07) is 11.3. The van der Waals surface area contributed by atoms with Crippen LogP contribution in [-0.2, 0) is 11.2 Å². The lowest BCUT2D eigenvalue weighted by molar-refractivity contribution is -0.115. The van der Waals surface area contributed by atoms with Crippen molar-refractivity contribution in [2.45, 2.75) is 20.3 Å². The molecule has 3 rings (SSSR count). The second kappa shape index (κ2) is 7.12. The largest absolute Gasteiger partial charge is 0.357 e. The van der Waals surface area contributed by atoms with Crippen LogP contribution in [0.4, 0.5) is 11.5 Å². The molecular weight excluding hydrogens is 304 g/mol. The van der Waals surface area contributed by atoms with E-state index in [1.165, 1.54) is 0 Å². The van der Waals surface area contributed by atoms with Crippen molar-refractivity contribution in [2.24, 2.45) is 0 Å². The molecule has 0 fully saturated rings. The zero-order valence-corrected chi connectivity index (χ0v) is 13.8. The Morgan fingerprint density at radius 1 is 1.17 bits per heavy atom. The standard InChI is InChI=1S/C18H20N4O2/c1-3-22(4-2)17-10-9-13(12-19-17)20-18(23)11-15-14-7-5-6-8-16(14)24-21-15/h5-10,12H,3-4,11H2,1-2H3,(H,20,23). The summed E-state index contributed by atoms with van der Waals surface area (Å²) >= 11 is 0. The van der Waals surface area contributed by atoms with Gasteiger partial charge < -0.3 is 14.7 Å². The van der Waals surface area contributed by atoms with Crippen LogP contribution in [0.1, 0.15) is 19.5 Å². The molecule has 124 valence electrons. The molecule has 0 radical (unpaired) electrons. The van der Waals surface area contributed by atoms with E-state index in [0.29, 0.717) is 17.0 Å². The molecule has 0 bridgehead atoms. The monoisotopic (exact) mass is 324 g/mol. The van der Waals surface area contributed by atoms with Crippen molar-refractivity contribution in [3.63, 3.8) is 0 Å². The quantitative estimate of drug-likeness (QED) is 0.753. The molecule has 1 N–H and O–H groups in total. The van der Waals surface area contributed by atoms with Crippen LogP contribution >= 0.6 is 0 Å². The highest BCUT2D eigenvalue weighted by molar-refractivity contribution is 5.94. The predicted molar refractivity (Wildman–Crippen MR) is 94.1 cm³/mol. The number of carbonyl (C=O) groups is 1. The Labute approximate surface area is 140 Å². The second-order valence-corrected chi connectivity index (χ2v) is 5.43. The lowest BCUT2D eigenvalue weighted by Crippen LogP contribution is -2.23. The fraction of sp³-hybridized carbons (Fsp3) is 0.278. The maximum Gasteiger partial charge on any atom is 0.230 e. The Morgan fingerprint density at radius 3 is 2.67 bits per heavy atom. The van der Waals surface area contributed by atoms with Gasteiger partial charge in [-0.1, -0.05) is 17.3 Å². The van der Waals surface area contributed by atoms with E-state index in [-0.39, 0.29) is 12.3 Å². The first-order valence-corrected chi connectivity index (χ1v) is 8.05. The third kappa shape index (κ3) is 3.37. The lowest BCUT2D eigenvalue weighted by Gasteiger charge is -2.19. The fourth-order valence-corrected chi connectivity index (χ4v) is 2.62. The molecule has 0 atom stereocenters. The van der Waals surface area contributed by atoms with Crippen LogP contribution in [0.3, 0.4) is 0 Å². The van der Waals surface area contributed by atoms with Gasteiger partial charge in [-0.25, -0.2) is 4.98 Å². The molecule has 2 heterocycles. The number of para-hydroxylation sites is 1. The molecule has 0 aliphatic carbocycles. The topological polar surface area (TPSA) is 71.3 Å². The number of fused-ring (bicyclic) bond motifs is 1. The number of carbonyl (C=O) groups excluding carboxylic acids is 1. The minimum Gasteiger partial charge on any atom is -0.357 e. The number of anilines is 2. The highest BCUT2D eigenvalue weighted by atomic mass is 16.5. The molecule has 6 nitrogen and oxygen atoms in total. The Kier molecular flexibility index (Phi) is 4.74. The average Bonchev–Trinajstić information content (AvgIpc) is 3.00. The molecule has 24 heavy (non-hydrogen) atoms. The van der Waals surface area contributed by atoms with Crippen molar-refractivity contribution in [2.75, 3.05) is 23.3 Å². The van der Waals surface area contributed by atoms with Crippen LogP contribution in [0.15, 0.2) is 47.1 Å². The predicted octanol–water partition coefficient (Wildman–Crippen LogP) is 3.25. The van der Waals surface area contributed by atoms with E-state index in [1.807, 2.05) is 36.4 Å². The van der Waals surface area contributed by atoms with Crippen molar-refractivity contribution in [3.05, 3.63) is 48.3 Å². The van der Waals surface area contributed by atoms with E-state index in [2.05, 4.69) is 34.2 Å². The molecule has 0 aliphatic heterocycles. The van der Waals surface area contributed by atoms with E-state index >= 15 is 0 Å². The summed E-state index contributed by atoms with van der Waals surface area (Å²) in [5, 5.41) is 7.69. The van der Waals surface area contributed by atoms with Crippen LogP contribution in [-0.4, -0.2) is 29.1 Å². The zero-order chi connectivity index (χ0) is 16.9. The summed E-state index contributed by atoms with van der Waals surface area (Å²) in [7, 11) is 0. The number of amides is 1. The molecule has 6 heteroatoms. The van der Waals surface area contributed by atoms with E-state index in [4.69, 9.17) is 4.52 Å². The molecule has 1 aromatic carbocycles. The summed E-state index contributed by atoms with van der Waals surface area (Å²) in [4.78, 5) is 18.8.